The lowest BCUT2D eigenvalue weighted by Crippen LogP contribution is -2.25. The number of benzene rings is 2. The van der Waals surface area contributed by atoms with E-state index < -0.39 is 11.9 Å². The van der Waals surface area contributed by atoms with Crippen molar-refractivity contribution in [3.05, 3.63) is 59.2 Å². The molecule has 0 aliphatic carbocycles. The van der Waals surface area contributed by atoms with Crippen molar-refractivity contribution in [2.75, 3.05) is 20.8 Å². The van der Waals surface area contributed by atoms with Crippen LogP contribution < -0.4 is 19.5 Å². The summed E-state index contributed by atoms with van der Waals surface area (Å²) in [5, 5.41) is 11.9. The van der Waals surface area contributed by atoms with Crippen molar-refractivity contribution in [1.82, 2.24) is 5.32 Å². The van der Waals surface area contributed by atoms with E-state index in [4.69, 9.17) is 14.2 Å². The van der Waals surface area contributed by atoms with Crippen LogP contribution in [0.5, 0.6) is 17.2 Å². The van der Waals surface area contributed by atoms with Gasteiger partial charge in [-0.1, -0.05) is 25.5 Å². The average molecular weight is 408 g/mol. The van der Waals surface area contributed by atoms with Crippen LogP contribution >= 0.6 is 0 Å². The Bertz CT molecular complexity index is 936. The summed E-state index contributed by atoms with van der Waals surface area (Å²) in [6, 6.07) is 13.2. The molecule has 7 nitrogen and oxygen atoms in total. The highest BCUT2D eigenvalue weighted by molar-refractivity contribution is 6.01. The molecular weight excluding hydrogens is 384 g/mol. The molecule has 0 saturated carbocycles. The van der Waals surface area contributed by atoms with Crippen LogP contribution in [0.15, 0.2) is 48.0 Å². The zero-order chi connectivity index (χ0) is 21.9. The van der Waals surface area contributed by atoms with Crippen LogP contribution in [0.1, 0.15) is 35.7 Å². The number of hydrogen-bond acceptors (Lipinski definition) is 6. The molecule has 2 rings (SSSR count). The Morgan fingerprint density at radius 3 is 2.20 bits per heavy atom. The number of amides is 1. The van der Waals surface area contributed by atoms with Gasteiger partial charge < -0.3 is 19.5 Å². The van der Waals surface area contributed by atoms with E-state index in [2.05, 4.69) is 5.32 Å². The smallest absolute Gasteiger partial charge is 0.343 e. The number of nitrogens with one attached hydrogen (secondary N) is 1. The fourth-order valence-corrected chi connectivity index (χ4v) is 2.51. The van der Waals surface area contributed by atoms with Crippen molar-refractivity contribution in [2.24, 2.45) is 0 Å². The summed E-state index contributed by atoms with van der Waals surface area (Å²) in [4.78, 5) is 24.5. The van der Waals surface area contributed by atoms with E-state index in [-0.39, 0.29) is 11.1 Å². The van der Waals surface area contributed by atoms with E-state index in [1.807, 2.05) is 13.0 Å². The van der Waals surface area contributed by atoms with Crippen molar-refractivity contribution in [1.29, 1.82) is 5.26 Å². The predicted molar refractivity (Wildman–Crippen MR) is 112 cm³/mol. The number of nitriles is 1. The number of unbranched alkanes of at least 4 members (excludes halogenated alkanes) is 1. The van der Waals surface area contributed by atoms with Gasteiger partial charge >= 0.3 is 5.97 Å². The highest BCUT2D eigenvalue weighted by Gasteiger charge is 2.13. The van der Waals surface area contributed by atoms with E-state index in [9.17, 15) is 14.9 Å². The summed E-state index contributed by atoms with van der Waals surface area (Å²) in [6.07, 6.45) is 3.29. The SMILES string of the molecule is CCCCNC(=O)/C(C#N)=C/c1ccc(OC(=O)c2cc(OC)cc(OC)c2)cc1. The zero-order valence-electron chi connectivity index (χ0n) is 17.2. The van der Waals surface area contributed by atoms with Gasteiger partial charge in [0.25, 0.3) is 5.91 Å². The van der Waals surface area contributed by atoms with Crippen molar-refractivity contribution in [3.63, 3.8) is 0 Å². The van der Waals surface area contributed by atoms with Crippen LogP contribution in [0.25, 0.3) is 6.08 Å². The Labute approximate surface area is 175 Å². The Morgan fingerprint density at radius 1 is 1.03 bits per heavy atom. The first-order chi connectivity index (χ1) is 14.5. The topological polar surface area (TPSA) is 97.7 Å². The quantitative estimate of drug-likeness (QED) is 0.223. The molecule has 0 aliphatic rings. The van der Waals surface area contributed by atoms with E-state index in [0.29, 0.717) is 29.4 Å². The van der Waals surface area contributed by atoms with Gasteiger partial charge in [0, 0.05) is 12.6 Å². The van der Waals surface area contributed by atoms with Crippen molar-refractivity contribution < 1.29 is 23.8 Å². The molecule has 0 aromatic heterocycles. The lowest BCUT2D eigenvalue weighted by atomic mass is 10.1. The maximum Gasteiger partial charge on any atom is 0.343 e. The number of nitrogens with zero attached hydrogens (tertiary/aromatic N) is 1. The van der Waals surface area contributed by atoms with Gasteiger partial charge in [-0.25, -0.2) is 4.79 Å². The van der Waals surface area contributed by atoms with Crippen LogP contribution in [0.2, 0.25) is 0 Å². The Morgan fingerprint density at radius 2 is 1.67 bits per heavy atom. The molecule has 30 heavy (non-hydrogen) atoms. The fourth-order valence-electron chi connectivity index (χ4n) is 2.51. The standard InChI is InChI=1S/C23H24N2O5/c1-4-5-10-25-22(26)18(15-24)11-16-6-8-19(9-7-16)30-23(27)17-12-20(28-2)14-21(13-17)29-3/h6-9,11-14H,4-5,10H2,1-3H3,(H,25,26)/b18-11+. The maximum absolute atomic E-state index is 12.4. The Hall–Kier alpha value is -3.79. The normalized spacial score (nSPS) is 10.7. The number of esters is 1. The van der Waals surface area contributed by atoms with Crippen LogP contribution in [0.4, 0.5) is 0 Å². The number of methoxy groups -OCH3 is 2. The summed E-state index contributed by atoms with van der Waals surface area (Å²) >= 11 is 0. The monoisotopic (exact) mass is 408 g/mol. The van der Waals surface area contributed by atoms with Crippen molar-refractivity contribution in [3.8, 4) is 23.3 Å². The summed E-state index contributed by atoms with van der Waals surface area (Å²) < 4.78 is 15.7. The first-order valence-electron chi connectivity index (χ1n) is 9.46. The third kappa shape index (κ3) is 6.38. The van der Waals surface area contributed by atoms with Crippen molar-refractivity contribution in [2.45, 2.75) is 19.8 Å². The second-order valence-corrected chi connectivity index (χ2v) is 6.34. The molecule has 0 aliphatic heterocycles. The van der Waals surface area contributed by atoms with Gasteiger partial charge in [-0.2, -0.15) is 5.26 Å². The van der Waals surface area contributed by atoms with E-state index in [1.54, 1.807) is 42.5 Å². The number of ether oxygens (including phenoxy) is 3. The lowest BCUT2D eigenvalue weighted by molar-refractivity contribution is -0.117. The molecule has 2 aromatic rings. The van der Waals surface area contributed by atoms with Gasteiger partial charge in [-0.3, -0.25) is 4.79 Å². The molecule has 7 heteroatoms. The molecular formula is C23H24N2O5. The third-order valence-corrected chi connectivity index (χ3v) is 4.17. The number of carbonyl (C=O) groups excluding carboxylic acids is 2. The molecule has 0 bridgehead atoms. The maximum atomic E-state index is 12.4. The van der Waals surface area contributed by atoms with Crippen LogP contribution in [-0.4, -0.2) is 32.6 Å². The summed E-state index contributed by atoms with van der Waals surface area (Å²) in [5.74, 6) is 0.299. The zero-order valence-corrected chi connectivity index (χ0v) is 17.2. The highest BCUT2D eigenvalue weighted by Crippen LogP contribution is 2.24. The predicted octanol–water partition coefficient (Wildman–Crippen LogP) is 3.75. The molecule has 2 aromatic carbocycles. The summed E-state index contributed by atoms with van der Waals surface area (Å²) in [6.45, 7) is 2.55. The van der Waals surface area contributed by atoms with Crippen LogP contribution in [0.3, 0.4) is 0 Å². The lowest BCUT2D eigenvalue weighted by Gasteiger charge is -2.09. The number of hydrogen-bond donors (Lipinski definition) is 1. The summed E-state index contributed by atoms with van der Waals surface area (Å²) in [5.41, 5.74) is 0.935. The van der Waals surface area contributed by atoms with Crippen LogP contribution in [-0.2, 0) is 4.79 Å². The van der Waals surface area contributed by atoms with Gasteiger partial charge in [-0.05, 0) is 42.3 Å². The minimum Gasteiger partial charge on any atom is -0.497 e. The molecule has 0 unspecified atom stereocenters. The van der Waals surface area contributed by atoms with Gasteiger partial charge in [0.05, 0.1) is 19.8 Å². The molecule has 0 atom stereocenters. The Kier molecular flexibility index (Phi) is 8.45. The molecule has 1 N–H and O–H groups in total. The fraction of sp³-hybridized carbons (Fsp3) is 0.261. The molecule has 156 valence electrons. The average Bonchev–Trinajstić information content (AvgIpc) is 2.78. The minimum atomic E-state index is -0.566. The second kappa shape index (κ2) is 11.3. The van der Waals surface area contributed by atoms with Crippen LogP contribution in [0, 0.1) is 11.3 Å². The minimum absolute atomic E-state index is 0.0133. The molecule has 0 saturated heterocycles. The molecule has 1 amide bonds. The second-order valence-electron chi connectivity index (χ2n) is 6.34. The highest BCUT2D eigenvalue weighted by atomic mass is 16.5. The molecule has 0 spiro atoms. The van der Waals surface area contributed by atoms with E-state index in [1.165, 1.54) is 20.3 Å². The first kappa shape index (κ1) is 22.5. The van der Waals surface area contributed by atoms with E-state index in [0.717, 1.165) is 12.8 Å². The molecule has 0 fully saturated rings. The van der Waals surface area contributed by atoms with Gasteiger partial charge in [-0.15, -0.1) is 0 Å². The van der Waals surface area contributed by atoms with Gasteiger partial charge in [0.2, 0.25) is 0 Å². The number of carbonyl (C=O) groups is 2. The largest absolute Gasteiger partial charge is 0.497 e. The number of rotatable bonds is 9. The summed E-state index contributed by atoms with van der Waals surface area (Å²) in [7, 11) is 2.99. The van der Waals surface area contributed by atoms with Gasteiger partial charge in [0.1, 0.15) is 28.9 Å². The van der Waals surface area contributed by atoms with Crippen molar-refractivity contribution >= 4 is 18.0 Å². The van der Waals surface area contributed by atoms with Gasteiger partial charge in [0.15, 0.2) is 0 Å². The molecule has 0 radical (unpaired) electrons. The first-order valence-corrected chi connectivity index (χ1v) is 9.46. The molecule has 0 heterocycles. The Balaban J connectivity index is 2.09. The third-order valence-electron chi connectivity index (χ3n) is 4.17. The van der Waals surface area contributed by atoms with E-state index >= 15 is 0 Å².